The Bertz CT molecular complexity index is 863. The van der Waals surface area contributed by atoms with E-state index in [1.165, 1.54) is 0 Å². The molecule has 0 aliphatic rings. The minimum Gasteiger partial charge on any atom is -0.483 e. The Morgan fingerprint density at radius 1 is 1.07 bits per heavy atom. The zero-order valence-electron chi connectivity index (χ0n) is 18.8. The van der Waals surface area contributed by atoms with E-state index in [2.05, 4.69) is 12.2 Å². The molecular weight excluding hydrogens is 376 g/mol. The lowest BCUT2D eigenvalue weighted by Crippen LogP contribution is -2.49. The summed E-state index contributed by atoms with van der Waals surface area (Å²) in [7, 11) is 0. The molecule has 0 spiro atoms. The predicted octanol–water partition coefficient (Wildman–Crippen LogP) is 4.32. The summed E-state index contributed by atoms with van der Waals surface area (Å²) in [4.78, 5) is 27.3. The molecule has 0 radical (unpaired) electrons. The maximum Gasteiger partial charge on any atom is 0.261 e. The number of hydrogen-bond donors (Lipinski definition) is 1. The molecule has 1 atom stereocenters. The van der Waals surface area contributed by atoms with Crippen LogP contribution in [0.25, 0.3) is 0 Å². The molecular formula is C25H34N2O3. The van der Waals surface area contributed by atoms with Gasteiger partial charge in [-0.25, -0.2) is 0 Å². The number of unbranched alkanes of at least 4 members (excludes halogenated alkanes) is 1. The predicted molar refractivity (Wildman–Crippen MR) is 121 cm³/mol. The van der Waals surface area contributed by atoms with Crippen LogP contribution in [0.15, 0.2) is 42.5 Å². The second kappa shape index (κ2) is 11.4. The first-order valence-electron chi connectivity index (χ1n) is 10.6. The van der Waals surface area contributed by atoms with Gasteiger partial charge in [0, 0.05) is 13.1 Å². The first-order chi connectivity index (χ1) is 14.3. The minimum atomic E-state index is -0.586. The second-order valence-electron chi connectivity index (χ2n) is 7.89. The Balaban J connectivity index is 2.15. The summed E-state index contributed by atoms with van der Waals surface area (Å²) >= 11 is 0. The molecule has 0 aliphatic heterocycles. The zero-order chi connectivity index (χ0) is 22.1. The summed E-state index contributed by atoms with van der Waals surface area (Å²) in [6.45, 7) is 10.7. The van der Waals surface area contributed by atoms with E-state index in [9.17, 15) is 9.59 Å². The molecule has 0 fully saturated rings. The van der Waals surface area contributed by atoms with Crippen molar-refractivity contribution in [1.82, 2.24) is 10.2 Å². The molecule has 0 saturated carbocycles. The van der Waals surface area contributed by atoms with Gasteiger partial charge in [0.25, 0.3) is 5.91 Å². The highest BCUT2D eigenvalue weighted by atomic mass is 16.5. The number of carbonyl (C=O) groups is 2. The van der Waals surface area contributed by atoms with Crippen molar-refractivity contribution in [3.8, 4) is 5.75 Å². The fraction of sp³-hybridized carbons (Fsp3) is 0.440. The van der Waals surface area contributed by atoms with Crippen LogP contribution in [0.2, 0.25) is 0 Å². The van der Waals surface area contributed by atoms with Crippen molar-refractivity contribution in [2.24, 2.45) is 0 Å². The summed E-state index contributed by atoms with van der Waals surface area (Å²) in [5, 5.41) is 2.93. The molecule has 2 aromatic rings. The summed E-state index contributed by atoms with van der Waals surface area (Å²) in [5.41, 5.74) is 4.15. The van der Waals surface area contributed by atoms with Crippen molar-refractivity contribution in [2.45, 2.75) is 60.0 Å². The van der Waals surface area contributed by atoms with Gasteiger partial charge in [-0.1, -0.05) is 55.3 Å². The van der Waals surface area contributed by atoms with Crippen LogP contribution in [-0.2, 0) is 16.1 Å². The van der Waals surface area contributed by atoms with Crippen molar-refractivity contribution >= 4 is 11.8 Å². The van der Waals surface area contributed by atoms with E-state index < -0.39 is 6.04 Å². The van der Waals surface area contributed by atoms with Gasteiger partial charge in [0.15, 0.2) is 6.61 Å². The van der Waals surface area contributed by atoms with Crippen LogP contribution >= 0.6 is 0 Å². The van der Waals surface area contributed by atoms with Crippen LogP contribution < -0.4 is 10.1 Å². The lowest BCUT2D eigenvalue weighted by atomic mass is 10.1. The lowest BCUT2D eigenvalue weighted by Gasteiger charge is -2.29. The normalized spacial score (nSPS) is 11.6. The first-order valence-corrected chi connectivity index (χ1v) is 10.6. The molecule has 5 nitrogen and oxygen atoms in total. The van der Waals surface area contributed by atoms with E-state index in [1.807, 2.05) is 63.2 Å². The number of ether oxygens (including phenoxy) is 1. The first kappa shape index (κ1) is 23.5. The summed E-state index contributed by atoms with van der Waals surface area (Å²) < 4.78 is 5.83. The summed E-state index contributed by atoms with van der Waals surface area (Å²) in [5.74, 6) is 0.339. The van der Waals surface area contributed by atoms with Gasteiger partial charge in [0.1, 0.15) is 11.8 Å². The Morgan fingerprint density at radius 2 is 1.80 bits per heavy atom. The lowest BCUT2D eigenvalue weighted by molar-refractivity contribution is -0.142. The Labute approximate surface area is 180 Å². The number of aryl methyl sites for hydroxylation is 3. The SMILES string of the molecule is CCCCNC(=O)[C@H](C)N(Cc1cccc(C)c1)C(=O)COc1cc(C)ccc1C. The van der Waals surface area contributed by atoms with Gasteiger partial charge in [-0.05, 0) is 56.9 Å². The van der Waals surface area contributed by atoms with Gasteiger partial charge in [-0.15, -0.1) is 0 Å². The molecule has 1 N–H and O–H groups in total. The van der Waals surface area contributed by atoms with E-state index in [4.69, 9.17) is 4.74 Å². The molecule has 0 unspecified atom stereocenters. The van der Waals surface area contributed by atoms with Crippen molar-refractivity contribution in [1.29, 1.82) is 0 Å². The number of carbonyl (C=O) groups excluding carboxylic acids is 2. The van der Waals surface area contributed by atoms with Crippen LogP contribution in [0.3, 0.4) is 0 Å². The van der Waals surface area contributed by atoms with Crippen LogP contribution in [0.4, 0.5) is 0 Å². The molecule has 30 heavy (non-hydrogen) atoms. The number of rotatable bonds is 10. The van der Waals surface area contributed by atoms with Crippen LogP contribution in [0, 0.1) is 20.8 Å². The highest BCUT2D eigenvalue weighted by Crippen LogP contribution is 2.19. The van der Waals surface area contributed by atoms with E-state index in [0.717, 1.165) is 35.1 Å². The van der Waals surface area contributed by atoms with Gasteiger partial charge in [0.2, 0.25) is 5.91 Å². The van der Waals surface area contributed by atoms with Gasteiger partial charge >= 0.3 is 0 Å². The summed E-state index contributed by atoms with van der Waals surface area (Å²) in [6, 6.07) is 13.3. The number of amides is 2. The van der Waals surface area contributed by atoms with Crippen molar-refractivity contribution < 1.29 is 14.3 Å². The van der Waals surface area contributed by atoms with Crippen molar-refractivity contribution in [3.05, 3.63) is 64.7 Å². The van der Waals surface area contributed by atoms with E-state index in [-0.39, 0.29) is 18.4 Å². The molecule has 0 heterocycles. The third-order valence-electron chi connectivity index (χ3n) is 5.13. The van der Waals surface area contributed by atoms with Crippen molar-refractivity contribution in [3.63, 3.8) is 0 Å². The van der Waals surface area contributed by atoms with Crippen molar-refractivity contribution in [2.75, 3.05) is 13.2 Å². The topological polar surface area (TPSA) is 58.6 Å². The minimum absolute atomic E-state index is 0.108. The third-order valence-corrected chi connectivity index (χ3v) is 5.13. The molecule has 2 amide bonds. The van der Waals surface area contributed by atoms with E-state index in [1.54, 1.807) is 11.8 Å². The standard InChI is InChI=1S/C25H34N2O3/c1-6-7-13-26-25(29)21(5)27(16-22-10-8-9-18(2)14-22)24(28)17-30-23-15-19(3)11-12-20(23)4/h8-12,14-15,21H,6-7,13,16-17H2,1-5H3,(H,26,29)/t21-/m0/s1. The maximum absolute atomic E-state index is 13.1. The Kier molecular flexibility index (Phi) is 8.90. The monoisotopic (exact) mass is 410 g/mol. The molecule has 162 valence electrons. The van der Waals surface area contributed by atoms with Crippen LogP contribution in [0.5, 0.6) is 5.75 Å². The molecule has 0 aromatic heterocycles. The van der Waals surface area contributed by atoms with Gasteiger partial charge in [0.05, 0.1) is 0 Å². The molecule has 0 bridgehead atoms. The van der Waals surface area contributed by atoms with Crippen LogP contribution in [0.1, 0.15) is 48.9 Å². The van der Waals surface area contributed by atoms with Crippen LogP contribution in [-0.4, -0.2) is 35.9 Å². The molecule has 2 aromatic carbocycles. The maximum atomic E-state index is 13.1. The third kappa shape index (κ3) is 6.90. The number of nitrogens with one attached hydrogen (secondary N) is 1. The number of benzene rings is 2. The average molecular weight is 411 g/mol. The smallest absolute Gasteiger partial charge is 0.261 e. The fourth-order valence-corrected chi connectivity index (χ4v) is 3.21. The Hall–Kier alpha value is -2.82. The van der Waals surface area contributed by atoms with Gasteiger partial charge in [-0.2, -0.15) is 0 Å². The highest BCUT2D eigenvalue weighted by molar-refractivity contribution is 5.88. The van der Waals surface area contributed by atoms with E-state index in [0.29, 0.717) is 18.8 Å². The zero-order valence-corrected chi connectivity index (χ0v) is 18.8. The summed E-state index contributed by atoms with van der Waals surface area (Å²) in [6.07, 6.45) is 1.92. The average Bonchev–Trinajstić information content (AvgIpc) is 2.72. The highest BCUT2D eigenvalue weighted by Gasteiger charge is 2.26. The number of hydrogen-bond acceptors (Lipinski definition) is 3. The molecule has 2 rings (SSSR count). The van der Waals surface area contributed by atoms with Gasteiger partial charge < -0.3 is 15.0 Å². The number of nitrogens with zero attached hydrogens (tertiary/aromatic N) is 1. The Morgan fingerprint density at radius 3 is 2.50 bits per heavy atom. The molecule has 5 heteroatoms. The van der Waals surface area contributed by atoms with Gasteiger partial charge in [-0.3, -0.25) is 9.59 Å². The second-order valence-corrected chi connectivity index (χ2v) is 7.89. The largest absolute Gasteiger partial charge is 0.483 e. The van der Waals surface area contributed by atoms with E-state index >= 15 is 0 Å². The quantitative estimate of drug-likeness (QED) is 0.593. The molecule has 0 saturated heterocycles. The fourth-order valence-electron chi connectivity index (χ4n) is 3.21. The molecule has 0 aliphatic carbocycles.